The number of hydrogen-bond donors (Lipinski definition) is 2. The van der Waals surface area contributed by atoms with E-state index in [0.717, 1.165) is 12.0 Å². The first-order valence-electron chi connectivity index (χ1n) is 11.4. The summed E-state index contributed by atoms with van der Waals surface area (Å²) in [5, 5.41) is 19.6. The lowest BCUT2D eigenvalue weighted by atomic mass is 10.0. The summed E-state index contributed by atoms with van der Waals surface area (Å²) in [4.78, 5) is 30.9. The van der Waals surface area contributed by atoms with Crippen molar-refractivity contribution >= 4 is 32.9 Å². The van der Waals surface area contributed by atoms with Gasteiger partial charge in [-0.1, -0.05) is 25.5 Å². The summed E-state index contributed by atoms with van der Waals surface area (Å²) in [6.45, 7) is 3.06. The predicted octanol–water partition coefficient (Wildman–Crippen LogP) is 3.60. The van der Waals surface area contributed by atoms with Gasteiger partial charge in [0.2, 0.25) is 0 Å². The predicted molar refractivity (Wildman–Crippen MR) is 132 cm³/mol. The van der Waals surface area contributed by atoms with Crippen molar-refractivity contribution < 1.29 is 28.9 Å². The molecule has 10 heteroatoms. The largest absolute Gasteiger partial charge is 0.490 e. The van der Waals surface area contributed by atoms with Crippen LogP contribution in [-0.4, -0.2) is 51.7 Å². The van der Waals surface area contributed by atoms with Gasteiger partial charge in [-0.15, -0.1) is 0 Å². The van der Waals surface area contributed by atoms with Crippen LogP contribution in [-0.2, 0) is 17.7 Å². The molecule has 188 valence electrons. The van der Waals surface area contributed by atoms with Crippen molar-refractivity contribution in [3.8, 4) is 5.75 Å². The van der Waals surface area contributed by atoms with Crippen LogP contribution in [0.3, 0.4) is 0 Å². The molecule has 2 heterocycles. The van der Waals surface area contributed by atoms with E-state index in [4.69, 9.17) is 9.47 Å². The first-order valence-corrected chi connectivity index (χ1v) is 12.2. The molecule has 8 nitrogen and oxygen atoms in total. The molecule has 0 fully saturated rings. The van der Waals surface area contributed by atoms with Gasteiger partial charge in [0, 0.05) is 17.1 Å². The van der Waals surface area contributed by atoms with Crippen molar-refractivity contribution in [1.29, 1.82) is 0 Å². The second-order valence-electron chi connectivity index (χ2n) is 7.98. The fourth-order valence-corrected chi connectivity index (χ4v) is 4.26. The molecule has 35 heavy (non-hydrogen) atoms. The molecule has 0 amide bonds. The van der Waals surface area contributed by atoms with Crippen LogP contribution in [0.4, 0.5) is 4.39 Å². The lowest BCUT2D eigenvalue weighted by molar-refractivity contribution is 0.0516. The van der Waals surface area contributed by atoms with Gasteiger partial charge in [0.15, 0.2) is 11.3 Å². The number of hydrogen-bond acceptors (Lipinski definition) is 7. The number of pyridine rings is 2. The Balaban J connectivity index is 2.29. The van der Waals surface area contributed by atoms with E-state index in [2.05, 4.69) is 20.9 Å². The van der Waals surface area contributed by atoms with Crippen molar-refractivity contribution in [3.05, 3.63) is 67.8 Å². The third kappa shape index (κ3) is 6.06. The van der Waals surface area contributed by atoms with Gasteiger partial charge in [-0.05, 0) is 52.5 Å². The Kier molecular flexibility index (Phi) is 9.36. The number of carbonyl (C=O) groups is 1. The van der Waals surface area contributed by atoms with E-state index in [-0.39, 0.29) is 42.4 Å². The minimum Gasteiger partial charge on any atom is -0.490 e. The average Bonchev–Trinajstić information content (AvgIpc) is 2.84. The smallest absolute Gasteiger partial charge is 0.347 e. The lowest BCUT2D eigenvalue weighted by Gasteiger charge is -2.20. The van der Waals surface area contributed by atoms with E-state index in [1.807, 2.05) is 6.92 Å². The molecule has 3 rings (SSSR count). The molecule has 0 aliphatic heterocycles. The van der Waals surface area contributed by atoms with Crippen molar-refractivity contribution in [2.45, 2.75) is 45.8 Å². The van der Waals surface area contributed by atoms with E-state index in [1.54, 1.807) is 25.3 Å². The number of rotatable bonds is 11. The van der Waals surface area contributed by atoms with Crippen molar-refractivity contribution in [2.24, 2.45) is 0 Å². The molecule has 0 spiro atoms. The van der Waals surface area contributed by atoms with Gasteiger partial charge < -0.3 is 24.3 Å². The normalized spacial score (nSPS) is 12.1. The number of aliphatic hydroxyl groups is 2. The first kappa shape index (κ1) is 26.8. The Hall–Kier alpha value is -2.82. The number of aliphatic hydroxyl groups excluding tert-OH is 2. The summed E-state index contributed by atoms with van der Waals surface area (Å²) in [7, 11) is 0. The fraction of sp³-hybridized carbons (Fsp3) is 0.400. The Morgan fingerprint density at radius 3 is 2.60 bits per heavy atom. The lowest BCUT2D eigenvalue weighted by Crippen LogP contribution is -2.34. The van der Waals surface area contributed by atoms with Crippen LogP contribution in [0.2, 0.25) is 0 Å². The zero-order valence-electron chi connectivity index (χ0n) is 19.6. The molecule has 0 radical (unpaired) electrons. The highest BCUT2D eigenvalue weighted by molar-refractivity contribution is 9.10. The molecule has 1 aromatic carbocycles. The molecule has 1 atom stereocenters. The van der Waals surface area contributed by atoms with Crippen molar-refractivity contribution in [3.63, 3.8) is 0 Å². The molecule has 0 saturated heterocycles. The van der Waals surface area contributed by atoms with Gasteiger partial charge in [0.05, 0.1) is 38.0 Å². The third-order valence-corrected chi connectivity index (χ3v) is 6.26. The molecule has 2 N–H and O–H groups in total. The highest BCUT2D eigenvalue weighted by Crippen LogP contribution is 2.34. The number of fused-ring (bicyclic) bond motifs is 1. The van der Waals surface area contributed by atoms with Gasteiger partial charge >= 0.3 is 5.97 Å². The van der Waals surface area contributed by atoms with Crippen LogP contribution in [0.5, 0.6) is 5.75 Å². The van der Waals surface area contributed by atoms with Gasteiger partial charge in [-0.3, -0.25) is 9.78 Å². The molecule has 0 aliphatic rings. The van der Waals surface area contributed by atoms with Crippen LogP contribution in [0.15, 0.2) is 39.7 Å². The number of aromatic nitrogens is 2. The second kappa shape index (κ2) is 12.2. The maximum atomic E-state index is 13.6. The standard InChI is InChI=1S/C25H28BrFN2O6/c1-3-5-10-35-23-19(25(33)34-4-2)24(32)29(13-18(31)14-30)22-20(26)16(12-28-21(22)23)11-15-6-8-17(27)9-7-15/h6-9,12,18,30-31H,3-5,10-11,13-14H2,1-2H3/t18-/m0/s1. The van der Waals surface area contributed by atoms with Crippen molar-refractivity contribution in [2.75, 3.05) is 19.8 Å². The summed E-state index contributed by atoms with van der Waals surface area (Å²) < 4.78 is 26.1. The zero-order chi connectivity index (χ0) is 25.5. The van der Waals surface area contributed by atoms with Crippen LogP contribution in [0.1, 0.15) is 48.2 Å². The van der Waals surface area contributed by atoms with E-state index in [9.17, 15) is 24.2 Å². The molecule has 2 aromatic heterocycles. The Morgan fingerprint density at radius 2 is 1.97 bits per heavy atom. The maximum absolute atomic E-state index is 13.6. The summed E-state index contributed by atoms with van der Waals surface area (Å²) in [5.74, 6) is -1.19. The Bertz CT molecular complexity index is 1250. The van der Waals surface area contributed by atoms with E-state index >= 15 is 0 Å². The highest BCUT2D eigenvalue weighted by atomic mass is 79.9. The second-order valence-corrected chi connectivity index (χ2v) is 8.77. The molecule has 0 bridgehead atoms. The van der Waals surface area contributed by atoms with Gasteiger partial charge in [0.1, 0.15) is 11.3 Å². The number of ether oxygens (including phenoxy) is 2. The summed E-state index contributed by atoms with van der Waals surface area (Å²) in [6, 6.07) is 6.02. The molecule has 3 aromatic rings. The van der Waals surface area contributed by atoms with Crippen LogP contribution in [0, 0.1) is 5.82 Å². The van der Waals surface area contributed by atoms with Crippen molar-refractivity contribution in [1.82, 2.24) is 9.55 Å². The quantitative estimate of drug-likeness (QED) is 0.277. The maximum Gasteiger partial charge on any atom is 0.347 e. The molecular weight excluding hydrogens is 523 g/mol. The fourth-order valence-electron chi connectivity index (χ4n) is 3.61. The minimum absolute atomic E-state index is 0.0145. The Labute approximate surface area is 210 Å². The number of carbonyl (C=O) groups excluding carboxylic acids is 1. The minimum atomic E-state index is -1.26. The van der Waals surface area contributed by atoms with Gasteiger partial charge in [-0.25, -0.2) is 9.18 Å². The summed E-state index contributed by atoms with van der Waals surface area (Å²) in [5.41, 5.74) is 1.02. The number of nitrogens with zero attached hydrogens (tertiary/aromatic N) is 2. The topological polar surface area (TPSA) is 111 Å². The van der Waals surface area contributed by atoms with E-state index < -0.39 is 24.2 Å². The first-order chi connectivity index (χ1) is 16.8. The van der Waals surface area contributed by atoms with E-state index in [0.29, 0.717) is 28.4 Å². The van der Waals surface area contributed by atoms with Crippen LogP contribution < -0.4 is 10.3 Å². The summed E-state index contributed by atoms with van der Waals surface area (Å²) >= 11 is 3.57. The monoisotopic (exact) mass is 550 g/mol. The molecule has 0 saturated carbocycles. The zero-order valence-corrected chi connectivity index (χ0v) is 21.2. The molecule has 0 aliphatic carbocycles. The van der Waals surface area contributed by atoms with Gasteiger partial charge in [-0.2, -0.15) is 0 Å². The highest BCUT2D eigenvalue weighted by Gasteiger charge is 2.28. The number of unbranched alkanes of at least 4 members (excludes halogenated alkanes) is 1. The average molecular weight is 551 g/mol. The van der Waals surface area contributed by atoms with Crippen LogP contribution in [0.25, 0.3) is 11.0 Å². The molecular formula is C25H28BrFN2O6. The van der Waals surface area contributed by atoms with Gasteiger partial charge in [0.25, 0.3) is 5.56 Å². The summed E-state index contributed by atoms with van der Waals surface area (Å²) in [6.07, 6.45) is 2.25. The number of benzene rings is 1. The SMILES string of the molecule is CCCCOc1c(C(=O)OCC)c(=O)n(C[C@H](O)CO)c2c(Br)c(Cc3ccc(F)cc3)cnc12. The van der Waals surface area contributed by atoms with Crippen LogP contribution >= 0.6 is 15.9 Å². The third-order valence-electron chi connectivity index (χ3n) is 5.37. The number of esters is 1. The Morgan fingerprint density at radius 1 is 1.26 bits per heavy atom. The number of halogens is 2. The van der Waals surface area contributed by atoms with E-state index in [1.165, 1.54) is 16.7 Å². The molecule has 0 unspecified atom stereocenters.